The summed E-state index contributed by atoms with van der Waals surface area (Å²) in [6, 6.07) is 9.36. The van der Waals surface area contributed by atoms with Crippen LogP contribution >= 0.6 is 0 Å². The van der Waals surface area contributed by atoms with E-state index >= 15 is 0 Å². The average Bonchev–Trinajstić information content (AvgIpc) is 3.06. The predicted molar refractivity (Wildman–Crippen MR) is 111 cm³/mol. The van der Waals surface area contributed by atoms with Gasteiger partial charge in [0.05, 0.1) is 5.69 Å². The number of amides is 2. The standard InChI is InChI=1S/C22H29N5O2/c1-15(2)11-18-22(29)27-10-9-26(14-19(27)21(28)23-18)13-17-12-25(3)24-20(17)16-7-5-4-6-8-16/h4-8,12,15,18-19H,9-11,13-14H2,1-3H3,(H,23,28)/t18-,19+/m0/s1. The van der Waals surface area contributed by atoms with Crippen LogP contribution in [0.2, 0.25) is 0 Å². The molecular formula is C22H29N5O2. The second-order valence-electron chi connectivity index (χ2n) is 8.52. The summed E-state index contributed by atoms with van der Waals surface area (Å²) in [6.45, 7) is 6.75. The second kappa shape index (κ2) is 7.99. The van der Waals surface area contributed by atoms with Gasteiger partial charge in [0.25, 0.3) is 0 Å². The largest absolute Gasteiger partial charge is 0.342 e. The first-order valence-electron chi connectivity index (χ1n) is 10.3. The summed E-state index contributed by atoms with van der Waals surface area (Å²) in [4.78, 5) is 29.6. The molecule has 2 fully saturated rings. The summed E-state index contributed by atoms with van der Waals surface area (Å²) in [5.41, 5.74) is 3.19. The number of rotatable bonds is 5. The molecule has 0 bridgehead atoms. The lowest BCUT2D eigenvalue weighted by Gasteiger charge is -2.45. The first kappa shape index (κ1) is 19.6. The lowest BCUT2D eigenvalue weighted by atomic mass is 9.97. The molecular weight excluding hydrogens is 366 g/mol. The van der Waals surface area contributed by atoms with Crippen molar-refractivity contribution in [2.75, 3.05) is 19.6 Å². The fourth-order valence-corrected chi connectivity index (χ4v) is 4.37. The molecule has 0 spiro atoms. The van der Waals surface area contributed by atoms with Gasteiger partial charge in [-0.25, -0.2) is 0 Å². The Labute approximate surface area is 171 Å². The molecule has 2 saturated heterocycles. The van der Waals surface area contributed by atoms with Crippen molar-refractivity contribution in [1.82, 2.24) is 24.9 Å². The first-order valence-corrected chi connectivity index (χ1v) is 10.3. The molecule has 2 aliphatic rings. The summed E-state index contributed by atoms with van der Waals surface area (Å²) in [6.07, 6.45) is 2.73. The number of nitrogens with zero attached hydrogens (tertiary/aromatic N) is 4. The maximum Gasteiger partial charge on any atom is 0.245 e. The van der Waals surface area contributed by atoms with Gasteiger partial charge in [0.2, 0.25) is 11.8 Å². The molecule has 0 saturated carbocycles. The smallest absolute Gasteiger partial charge is 0.245 e. The van der Waals surface area contributed by atoms with E-state index in [0.29, 0.717) is 32.0 Å². The molecule has 0 radical (unpaired) electrons. The van der Waals surface area contributed by atoms with Gasteiger partial charge < -0.3 is 10.2 Å². The SMILES string of the molecule is CC(C)C[C@@H]1NC(=O)[C@H]2CN(Cc3cn(C)nc3-c3ccccc3)CCN2C1=O. The van der Waals surface area contributed by atoms with Crippen LogP contribution in [0.4, 0.5) is 0 Å². The van der Waals surface area contributed by atoms with Crippen molar-refractivity contribution in [2.45, 2.75) is 38.9 Å². The monoisotopic (exact) mass is 395 g/mol. The molecule has 2 atom stereocenters. The number of aryl methyl sites for hydroxylation is 1. The van der Waals surface area contributed by atoms with Gasteiger partial charge in [-0.05, 0) is 12.3 Å². The number of benzene rings is 1. The fraction of sp³-hybridized carbons (Fsp3) is 0.500. The van der Waals surface area contributed by atoms with Gasteiger partial charge in [0.15, 0.2) is 0 Å². The van der Waals surface area contributed by atoms with Crippen LogP contribution < -0.4 is 5.32 Å². The minimum absolute atomic E-state index is 0.0329. The van der Waals surface area contributed by atoms with Crippen molar-refractivity contribution in [3.8, 4) is 11.3 Å². The van der Waals surface area contributed by atoms with Crippen molar-refractivity contribution in [3.63, 3.8) is 0 Å². The third-order valence-electron chi connectivity index (χ3n) is 5.72. The van der Waals surface area contributed by atoms with Crippen LogP contribution in [-0.2, 0) is 23.2 Å². The van der Waals surface area contributed by atoms with Crippen LogP contribution in [0.1, 0.15) is 25.8 Å². The zero-order valence-corrected chi connectivity index (χ0v) is 17.3. The molecule has 3 heterocycles. The number of piperazine rings is 2. The zero-order valence-electron chi connectivity index (χ0n) is 17.3. The molecule has 2 amide bonds. The Bertz CT molecular complexity index is 892. The minimum atomic E-state index is -0.406. The summed E-state index contributed by atoms with van der Waals surface area (Å²) < 4.78 is 1.83. The molecule has 7 nitrogen and oxygen atoms in total. The molecule has 1 N–H and O–H groups in total. The summed E-state index contributed by atoms with van der Waals surface area (Å²) >= 11 is 0. The van der Waals surface area contributed by atoms with Crippen LogP contribution in [-0.4, -0.2) is 63.1 Å². The van der Waals surface area contributed by atoms with Gasteiger partial charge in [-0.2, -0.15) is 5.10 Å². The highest BCUT2D eigenvalue weighted by Crippen LogP contribution is 2.25. The zero-order chi connectivity index (χ0) is 20.5. The van der Waals surface area contributed by atoms with Crippen molar-refractivity contribution >= 4 is 11.8 Å². The van der Waals surface area contributed by atoms with E-state index in [9.17, 15) is 9.59 Å². The number of carbonyl (C=O) groups excluding carboxylic acids is 2. The first-order chi connectivity index (χ1) is 13.9. The lowest BCUT2D eigenvalue weighted by molar-refractivity contribution is -0.153. The minimum Gasteiger partial charge on any atom is -0.342 e. The number of carbonyl (C=O) groups is 2. The van der Waals surface area contributed by atoms with E-state index in [-0.39, 0.29) is 17.9 Å². The van der Waals surface area contributed by atoms with E-state index in [1.54, 1.807) is 4.90 Å². The molecule has 29 heavy (non-hydrogen) atoms. The fourth-order valence-electron chi connectivity index (χ4n) is 4.37. The van der Waals surface area contributed by atoms with Crippen LogP contribution in [0.25, 0.3) is 11.3 Å². The van der Waals surface area contributed by atoms with E-state index in [0.717, 1.165) is 23.4 Å². The molecule has 0 aliphatic carbocycles. The number of hydrogen-bond donors (Lipinski definition) is 1. The van der Waals surface area contributed by atoms with E-state index in [1.165, 1.54) is 0 Å². The van der Waals surface area contributed by atoms with Crippen molar-refractivity contribution in [1.29, 1.82) is 0 Å². The van der Waals surface area contributed by atoms with Gasteiger partial charge in [0, 0.05) is 50.6 Å². The number of nitrogens with one attached hydrogen (secondary N) is 1. The molecule has 4 rings (SSSR count). The highest BCUT2D eigenvalue weighted by Gasteiger charge is 2.43. The van der Waals surface area contributed by atoms with Gasteiger partial charge in [0.1, 0.15) is 12.1 Å². The van der Waals surface area contributed by atoms with Gasteiger partial charge in [-0.3, -0.25) is 19.2 Å². The van der Waals surface area contributed by atoms with Crippen LogP contribution in [0.5, 0.6) is 0 Å². The van der Waals surface area contributed by atoms with Gasteiger partial charge in [-0.1, -0.05) is 44.2 Å². The summed E-state index contributed by atoms with van der Waals surface area (Å²) in [7, 11) is 1.93. The Morgan fingerprint density at radius 2 is 1.93 bits per heavy atom. The van der Waals surface area contributed by atoms with E-state index in [4.69, 9.17) is 0 Å². The Kier molecular flexibility index (Phi) is 5.41. The van der Waals surface area contributed by atoms with Crippen LogP contribution in [0.15, 0.2) is 36.5 Å². The van der Waals surface area contributed by atoms with E-state index in [1.807, 2.05) is 36.1 Å². The highest BCUT2D eigenvalue weighted by atomic mass is 16.2. The quantitative estimate of drug-likeness (QED) is 0.836. The number of hydrogen-bond acceptors (Lipinski definition) is 4. The summed E-state index contributed by atoms with van der Waals surface area (Å²) in [5.74, 6) is 0.396. The average molecular weight is 396 g/mol. The number of fused-ring (bicyclic) bond motifs is 1. The maximum atomic E-state index is 12.8. The van der Waals surface area contributed by atoms with Crippen LogP contribution in [0.3, 0.4) is 0 Å². The molecule has 2 aliphatic heterocycles. The third-order valence-corrected chi connectivity index (χ3v) is 5.72. The Morgan fingerprint density at radius 1 is 1.17 bits per heavy atom. The highest BCUT2D eigenvalue weighted by molar-refractivity contribution is 5.97. The summed E-state index contributed by atoms with van der Waals surface area (Å²) in [5, 5.41) is 7.59. The maximum absolute atomic E-state index is 12.8. The van der Waals surface area contributed by atoms with E-state index < -0.39 is 6.04 Å². The van der Waals surface area contributed by atoms with E-state index in [2.05, 4.69) is 41.3 Å². The van der Waals surface area contributed by atoms with Gasteiger partial charge in [-0.15, -0.1) is 0 Å². The topological polar surface area (TPSA) is 70.5 Å². The third kappa shape index (κ3) is 4.05. The lowest BCUT2D eigenvalue weighted by Crippen LogP contribution is -2.69. The number of aromatic nitrogens is 2. The molecule has 0 unspecified atom stereocenters. The van der Waals surface area contributed by atoms with Gasteiger partial charge >= 0.3 is 0 Å². The Hall–Kier alpha value is -2.67. The Balaban J connectivity index is 1.48. The van der Waals surface area contributed by atoms with Crippen LogP contribution in [0, 0.1) is 5.92 Å². The second-order valence-corrected chi connectivity index (χ2v) is 8.52. The van der Waals surface area contributed by atoms with Crippen molar-refractivity contribution in [2.24, 2.45) is 13.0 Å². The predicted octanol–water partition coefficient (Wildman–Crippen LogP) is 1.64. The van der Waals surface area contributed by atoms with Crippen molar-refractivity contribution in [3.05, 3.63) is 42.1 Å². The molecule has 1 aromatic carbocycles. The normalized spacial score (nSPS) is 22.7. The van der Waals surface area contributed by atoms with Crippen molar-refractivity contribution < 1.29 is 9.59 Å². The molecule has 1 aromatic heterocycles. The molecule has 2 aromatic rings. The Morgan fingerprint density at radius 3 is 2.66 bits per heavy atom. The molecule has 154 valence electrons. The molecule has 7 heteroatoms.